The normalized spacial score (nSPS) is 15.8. The number of benzene rings is 2. The molecule has 0 saturated heterocycles. The van der Waals surface area contributed by atoms with Crippen molar-refractivity contribution in [3.05, 3.63) is 76.6 Å². The third kappa shape index (κ3) is 3.80. The van der Waals surface area contributed by atoms with Crippen molar-refractivity contribution >= 4 is 23.1 Å². The number of nitrogens with one attached hydrogen (secondary N) is 1. The van der Waals surface area contributed by atoms with Gasteiger partial charge < -0.3 is 10.6 Å². The van der Waals surface area contributed by atoms with Crippen molar-refractivity contribution in [3.63, 3.8) is 0 Å². The molecule has 4 aromatic rings. The first-order chi connectivity index (χ1) is 17.2. The average Bonchev–Trinajstić information content (AvgIpc) is 3.61. The third-order valence-corrected chi connectivity index (χ3v) is 6.47. The maximum absolute atomic E-state index is 13.2. The summed E-state index contributed by atoms with van der Waals surface area (Å²) < 4.78 is 6.18. The van der Waals surface area contributed by atoms with Gasteiger partial charge in [0.25, 0.3) is 5.91 Å². The van der Waals surface area contributed by atoms with Crippen LogP contribution >= 0.6 is 0 Å². The van der Waals surface area contributed by atoms with Gasteiger partial charge in [-0.2, -0.15) is 9.78 Å². The highest BCUT2D eigenvalue weighted by Crippen LogP contribution is 2.29. The number of fused-ring (bicyclic) bond motifs is 2. The summed E-state index contributed by atoms with van der Waals surface area (Å²) in [6, 6.07) is 16.3. The number of hydrogen-bond acceptors (Lipinski definition) is 9. The lowest BCUT2D eigenvalue weighted by Gasteiger charge is -2.31. The highest BCUT2D eigenvalue weighted by molar-refractivity contribution is 6.05. The first-order valence-corrected chi connectivity index (χ1v) is 11.5. The summed E-state index contributed by atoms with van der Waals surface area (Å²) in [5.74, 6) is -0.207. The van der Waals surface area contributed by atoms with Crippen molar-refractivity contribution in [1.29, 1.82) is 0 Å². The minimum absolute atomic E-state index is 0.0601. The van der Waals surface area contributed by atoms with Gasteiger partial charge in [-0.15, -0.1) is 5.10 Å². The summed E-state index contributed by atoms with van der Waals surface area (Å²) in [5, 5.41) is 20.2. The zero-order valence-electron chi connectivity index (χ0n) is 18.9. The van der Waals surface area contributed by atoms with Crippen LogP contribution in [-0.4, -0.2) is 43.5 Å². The van der Waals surface area contributed by atoms with E-state index in [0.717, 1.165) is 49.2 Å². The molecule has 11 heteroatoms. The van der Waals surface area contributed by atoms with Gasteiger partial charge in [-0.3, -0.25) is 4.79 Å². The molecule has 2 aromatic heterocycles. The van der Waals surface area contributed by atoms with Crippen LogP contribution in [0.1, 0.15) is 45.7 Å². The van der Waals surface area contributed by atoms with Gasteiger partial charge in [0.05, 0.1) is 18.0 Å². The molecule has 1 amide bonds. The Balaban J connectivity index is 1.34. The molecule has 6 rings (SSSR count). The van der Waals surface area contributed by atoms with Crippen LogP contribution in [0.5, 0.6) is 0 Å². The number of nitrogen functional groups attached to an aromatic ring is 1. The summed E-state index contributed by atoms with van der Waals surface area (Å²) in [7, 11) is 0. The number of carbonyl (C=O) groups is 1. The van der Waals surface area contributed by atoms with Gasteiger partial charge in [0, 0.05) is 17.8 Å². The minimum atomic E-state index is -0.455. The third-order valence-electron chi connectivity index (χ3n) is 6.47. The Hall–Kier alpha value is -4.54. The summed E-state index contributed by atoms with van der Waals surface area (Å²) in [6.07, 6.45) is 3.68. The lowest BCUT2D eigenvalue weighted by Crippen LogP contribution is -2.31. The zero-order chi connectivity index (χ0) is 23.8. The standard InChI is InChI=1S/C24H23N9O2/c25-22-23(30-35-29-22)33-20(14-32-13-5-8-16-7-2-4-10-19(16)32)21(27-31-33)24(34)28-26-18-12-11-15-6-1-3-9-17(15)18/h1-4,6-7,9-10H,5,8,11-14H2,(H2,25,29)(H,28,34). The van der Waals surface area contributed by atoms with Crippen molar-refractivity contribution in [3.8, 4) is 5.82 Å². The molecule has 3 heterocycles. The van der Waals surface area contributed by atoms with Crippen LogP contribution < -0.4 is 16.1 Å². The summed E-state index contributed by atoms with van der Waals surface area (Å²) >= 11 is 0. The molecular weight excluding hydrogens is 446 g/mol. The van der Waals surface area contributed by atoms with Crippen LogP contribution in [0.3, 0.4) is 0 Å². The predicted molar refractivity (Wildman–Crippen MR) is 128 cm³/mol. The monoisotopic (exact) mass is 469 g/mol. The van der Waals surface area contributed by atoms with Crippen LogP contribution in [0.15, 0.2) is 58.3 Å². The van der Waals surface area contributed by atoms with Gasteiger partial charge in [0.15, 0.2) is 5.69 Å². The van der Waals surface area contributed by atoms with E-state index in [1.165, 1.54) is 15.8 Å². The predicted octanol–water partition coefficient (Wildman–Crippen LogP) is 2.27. The second kappa shape index (κ2) is 8.67. The first-order valence-electron chi connectivity index (χ1n) is 11.5. The Morgan fingerprint density at radius 3 is 2.74 bits per heavy atom. The van der Waals surface area contributed by atoms with E-state index in [1.807, 2.05) is 30.3 Å². The Kier molecular flexibility index (Phi) is 5.21. The fraction of sp³-hybridized carbons (Fsp3) is 0.250. The number of amides is 1. The minimum Gasteiger partial charge on any atom is -0.378 e. The molecule has 2 aromatic carbocycles. The van der Waals surface area contributed by atoms with E-state index in [1.54, 1.807) is 0 Å². The molecule has 3 N–H and O–H groups in total. The molecule has 0 fully saturated rings. The molecule has 1 aliphatic carbocycles. The van der Waals surface area contributed by atoms with Crippen molar-refractivity contribution in [2.24, 2.45) is 5.10 Å². The Labute approximate surface area is 200 Å². The molecule has 1 aliphatic heterocycles. The fourth-order valence-corrected chi connectivity index (χ4v) is 4.78. The largest absolute Gasteiger partial charge is 0.378 e. The molecule has 35 heavy (non-hydrogen) atoms. The maximum Gasteiger partial charge on any atom is 0.293 e. The summed E-state index contributed by atoms with van der Waals surface area (Å²) in [5.41, 5.74) is 14.8. The Morgan fingerprint density at radius 1 is 1.06 bits per heavy atom. The number of para-hydroxylation sites is 1. The van der Waals surface area contributed by atoms with Gasteiger partial charge >= 0.3 is 0 Å². The van der Waals surface area contributed by atoms with Gasteiger partial charge in [0.1, 0.15) is 0 Å². The van der Waals surface area contributed by atoms with E-state index in [2.05, 4.69) is 54.3 Å². The van der Waals surface area contributed by atoms with Crippen LogP contribution in [0, 0.1) is 0 Å². The summed E-state index contributed by atoms with van der Waals surface area (Å²) in [4.78, 5) is 15.4. The zero-order valence-corrected chi connectivity index (χ0v) is 18.9. The second-order valence-electron chi connectivity index (χ2n) is 8.58. The van der Waals surface area contributed by atoms with E-state index < -0.39 is 5.91 Å². The first kappa shape index (κ1) is 21.0. The molecular formula is C24H23N9O2. The van der Waals surface area contributed by atoms with E-state index in [4.69, 9.17) is 10.4 Å². The molecule has 176 valence electrons. The van der Waals surface area contributed by atoms with E-state index in [9.17, 15) is 4.79 Å². The highest BCUT2D eigenvalue weighted by atomic mass is 16.6. The molecule has 0 saturated carbocycles. The van der Waals surface area contributed by atoms with Crippen molar-refractivity contribution in [1.82, 2.24) is 30.7 Å². The molecule has 0 atom stereocenters. The van der Waals surface area contributed by atoms with Crippen molar-refractivity contribution in [2.75, 3.05) is 17.2 Å². The molecule has 0 unspecified atom stereocenters. The van der Waals surface area contributed by atoms with E-state index in [0.29, 0.717) is 12.2 Å². The van der Waals surface area contributed by atoms with Crippen LogP contribution in [-0.2, 0) is 19.4 Å². The maximum atomic E-state index is 13.2. The number of hydrazone groups is 1. The Morgan fingerprint density at radius 2 is 1.89 bits per heavy atom. The number of aryl methyl sites for hydroxylation is 2. The molecule has 0 bridgehead atoms. The lowest BCUT2D eigenvalue weighted by atomic mass is 10.0. The van der Waals surface area contributed by atoms with Gasteiger partial charge in [-0.1, -0.05) is 47.7 Å². The van der Waals surface area contributed by atoms with Crippen LogP contribution in [0.4, 0.5) is 11.5 Å². The quantitative estimate of drug-likeness (QED) is 0.424. The Bertz CT molecular complexity index is 1440. The molecule has 2 aliphatic rings. The van der Waals surface area contributed by atoms with Crippen LogP contribution in [0.25, 0.3) is 5.82 Å². The number of aromatic nitrogens is 5. The van der Waals surface area contributed by atoms with Gasteiger partial charge in [-0.25, -0.2) is 10.1 Å². The molecule has 0 radical (unpaired) electrons. The van der Waals surface area contributed by atoms with Gasteiger partial charge in [0.2, 0.25) is 11.6 Å². The second-order valence-corrected chi connectivity index (χ2v) is 8.58. The van der Waals surface area contributed by atoms with Crippen LogP contribution in [0.2, 0.25) is 0 Å². The van der Waals surface area contributed by atoms with Crippen molar-refractivity contribution < 1.29 is 9.42 Å². The number of hydrogen-bond donors (Lipinski definition) is 2. The number of carbonyl (C=O) groups excluding carboxylic acids is 1. The van der Waals surface area contributed by atoms with Crippen molar-refractivity contribution in [2.45, 2.75) is 32.2 Å². The molecule has 0 spiro atoms. The summed E-state index contributed by atoms with van der Waals surface area (Å²) in [6.45, 7) is 1.20. The number of rotatable bonds is 5. The number of nitrogens with two attached hydrogens (primary N) is 1. The highest BCUT2D eigenvalue weighted by Gasteiger charge is 2.27. The number of nitrogens with zero attached hydrogens (tertiary/aromatic N) is 7. The SMILES string of the molecule is Nc1nonc1-n1nnc(C(=O)NN=C2CCc3ccccc32)c1CN1CCCc2ccccc21. The van der Waals surface area contributed by atoms with E-state index >= 15 is 0 Å². The number of anilines is 2. The lowest BCUT2D eigenvalue weighted by molar-refractivity contribution is 0.0948. The molecule has 11 nitrogen and oxygen atoms in total. The van der Waals surface area contributed by atoms with E-state index in [-0.39, 0.29) is 17.3 Å². The topological polar surface area (TPSA) is 140 Å². The fourth-order valence-electron chi connectivity index (χ4n) is 4.78. The van der Waals surface area contributed by atoms with Gasteiger partial charge in [-0.05, 0) is 53.2 Å². The average molecular weight is 470 g/mol. The smallest absolute Gasteiger partial charge is 0.293 e.